The molecule has 0 aromatic carbocycles. The Morgan fingerprint density at radius 2 is 1.16 bits per heavy atom. The summed E-state index contributed by atoms with van der Waals surface area (Å²) in [6.45, 7) is 9.46. The number of halogens is 2. The lowest BCUT2D eigenvalue weighted by molar-refractivity contribution is -0.0421. The van der Waals surface area contributed by atoms with Gasteiger partial charge in [-0.05, 0) is 96.6 Å². The van der Waals surface area contributed by atoms with Crippen molar-refractivity contribution in [3.05, 3.63) is 45.6 Å². The molecule has 0 saturated carbocycles. The van der Waals surface area contributed by atoms with Gasteiger partial charge in [-0.15, -0.1) is 0 Å². The van der Waals surface area contributed by atoms with E-state index >= 15 is 8.78 Å². The number of alkyl halides is 2. The van der Waals surface area contributed by atoms with Gasteiger partial charge in [0.05, 0.1) is 12.2 Å². The smallest absolute Gasteiger partial charge is 0.173 e. The van der Waals surface area contributed by atoms with Crippen molar-refractivity contribution < 1.29 is 18.3 Å². The maximum atomic E-state index is 17.1. The summed E-state index contributed by atoms with van der Waals surface area (Å²) in [7, 11) is 0. The quantitative estimate of drug-likeness (QED) is 0.456. The van der Waals surface area contributed by atoms with Crippen molar-refractivity contribution in [2.75, 3.05) is 13.2 Å². The highest BCUT2D eigenvalue weighted by Crippen LogP contribution is 2.59. The molecule has 174 valence electrons. The number of hydrogen-bond acceptors (Lipinski definition) is 2. The van der Waals surface area contributed by atoms with Crippen LogP contribution in [0, 0.1) is 23.7 Å². The fraction of sp³-hybridized carbons (Fsp3) is 0.714. The maximum Gasteiger partial charge on any atom is 0.173 e. The molecule has 7 unspecified atom stereocenters. The minimum Gasteiger partial charge on any atom is -0.373 e. The van der Waals surface area contributed by atoms with Gasteiger partial charge in [-0.3, -0.25) is 0 Å². The van der Waals surface area contributed by atoms with E-state index in [0.29, 0.717) is 48.0 Å². The van der Waals surface area contributed by atoms with E-state index in [1.165, 1.54) is 11.1 Å². The van der Waals surface area contributed by atoms with Crippen LogP contribution >= 0.6 is 0 Å². The highest BCUT2D eigenvalue weighted by atomic mass is 19.2. The van der Waals surface area contributed by atoms with Gasteiger partial charge < -0.3 is 9.47 Å². The topological polar surface area (TPSA) is 18.5 Å². The SMILES string of the molecule is CC1=CC2=C(CC1(F)[C@]1(F)CC3=C(C=C1C)CC1CC(C)COC31)C1OCC(C)CC1C2. The highest BCUT2D eigenvalue weighted by molar-refractivity contribution is 5.53. The lowest BCUT2D eigenvalue weighted by atomic mass is 9.65. The van der Waals surface area contributed by atoms with Crippen molar-refractivity contribution in [2.24, 2.45) is 23.7 Å². The normalized spacial score (nSPS) is 48.1. The third kappa shape index (κ3) is 2.87. The van der Waals surface area contributed by atoms with Gasteiger partial charge in [-0.1, -0.05) is 26.0 Å². The van der Waals surface area contributed by atoms with Crippen molar-refractivity contribution in [1.29, 1.82) is 0 Å². The van der Waals surface area contributed by atoms with E-state index < -0.39 is 11.3 Å². The number of hydrogen-bond donors (Lipinski definition) is 0. The molecule has 2 heterocycles. The lowest BCUT2D eigenvalue weighted by Crippen LogP contribution is -2.53. The van der Waals surface area contributed by atoms with Gasteiger partial charge in [-0.25, -0.2) is 8.78 Å². The zero-order chi connectivity index (χ0) is 22.4. The van der Waals surface area contributed by atoms with E-state index in [4.69, 9.17) is 9.47 Å². The monoisotopic (exact) mass is 442 g/mol. The Morgan fingerprint density at radius 1 is 0.750 bits per heavy atom. The summed E-state index contributed by atoms with van der Waals surface area (Å²) < 4.78 is 46.5. The molecule has 0 N–H and O–H groups in total. The van der Waals surface area contributed by atoms with Crippen LogP contribution in [0.1, 0.15) is 66.2 Å². The van der Waals surface area contributed by atoms with Crippen LogP contribution in [0.5, 0.6) is 0 Å². The number of fused-ring (bicyclic) bond motifs is 4. The average Bonchev–Trinajstić information content (AvgIpc) is 3.24. The Kier molecular flexibility index (Phi) is 4.74. The van der Waals surface area contributed by atoms with Crippen LogP contribution in [0.2, 0.25) is 0 Å². The van der Waals surface area contributed by atoms with E-state index in [0.717, 1.165) is 36.8 Å². The van der Waals surface area contributed by atoms with Crippen LogP contribution in [0.15, 0.2) is 45.6 Å². The third-order valence-corrected chi connectivity index (χ3v) is 9.39. The molecular weight excluding hydrogens is 406 g/mol. The van der Waals surface area contributed by atoms with Crippen molar-refractivity contribution in [1.82, 2.24) is 0 Å². The second kappa shape index (κ2) is 7.12. The minimum atomic E-state index is -2.04. The number of ether oxygens (including phenoxy) is 2. The lowest BCUT2D eigenvalue weighted by Gasteiger charge is -2.46. The van der Waals surface area contributed by atoms with Gasteiger partial charge in [0, 0.05) is 26.1 Å². The average molecular weight is 443 g/mol. The molecule has 0 radical (unpaired) electrons. The first-order chi connectivity index (χ1) is 15.2. The Balaban J connectivity index is 1.32. The van der Waals surface area contributed by atoms with Gasteiger partial charge in [0.1, 0.15) is 0 Å². The Hall–Kier alpha value is -1.26. The number of allylic oxidation sites excluding steroid dienone is 6. The van der Waals surface area contributed by atoms with Crippen molar-refractivity contribution in [3.8, 4) is 0 Å². The fourth-order valence-corrected chi connectivity index (χ4v) is 7.76. The molecule has 6 rings (SSSR count). The highest BCUT2D eigenvalue weighted by Gasteiger charge is 2.61. The van der Waals surface area contributed by atoms with Crippen LogP contribution in [0.4, 0.5) is 8.78 Å². The summed E-state index contributed by atoms with van der Waals surface area (Å²) in [6, 6.07) is 0. The van der Waals surface area contributed by atoms with E-state index in [2.05, 4.69) is 13.8 Å². The zero-order valence-corrected chi connectivity index (χ0v) is 19.8. The first-order valence-electron chi connectivity index (χ1n) is 12.6. The van der Waals surface area contributed by atoms with Crippen LogP contribution in [0.25, 0.3) is 0 Å². The molecule has 32 heavy (non-hydrogen) atoms. The first-order valence-corrected chi connectivity index (χ1v) is 12.6. The Labute approximate surface area is 190 Å². The minimum absolute atomic E-state index is 0.0362. The van der Waals surface area contributed by atoms with E-state index in [9.17, 15) is 0 Å². The van der Waals surface area contributed by atoms with Crippen LogP contribution in [0.3, 0.4) is 0 Å². The molecule has 8 atom stereocenters. The molecule has 2 fully saturated rings. The van der Waals surface area contributed by atoms with Crippen LogP contribution < -0.4 is 0 Å². The first kappa shape index (κ1) is 21.3. The van der Waals surface area contributed by atoms with Crippen LogP contribution in [-0.2, 0) is 9.47 Å². The zero-order valence-electron chi connectivity index (χ0n) is 19.8. The number of rotatable bonds is 1. The molecule has 0 aromatic heterocycles. The molecule has 0 spiro atoms. The second-order valence-corrected chi connectivity index (χ2v) is 11.8. The summed E-state index contributed by atoms with van der Waals surface area (Å²) >= 11 is 0. The maximum absolute atomic E-state index is 17.1. The van der Waals surface area contributed by atoms with E-state index in [-0.39, 0.29) is 25.0 Å². The van der Waals surface area contributed by atoms with Crippen molar-refractivity contribution in [2.45, 2.75) is 89.8 Å². The van der Waals surface area contributed by atoms with E-state index in [1.807, 2.05) is 12.2 Å². The Bertz CT molecular complexity index is 896. The van der Waals surface area contributed by atoms with Gasteiger partial charge in [0.25, 0.3) is 0 Å². The molecule has 0 aromatic rings. The summed E-state index contributed by atoms with van der Waals surface area (Å²) in [5.41, 5.74) is 1.44. The Morgan fingerprint density at radius 3 is 1.56 bits per heavy atom. The molecule has 2 nitrogen and oxygen atoms in total. The molecule has 0 bridgehead atoms. The predicted molar refractivity (Wildman–Crippen MR) is 122 cm³/mol. The molecular formula is C28H36F2O2. The van der Waals surface area contributed by atoms with E-state index in [1.54, 1.807) is 13.8 Å². The standard InChI is InChI=1S/C28H36F2O2/c1-15-5-21-9-19-7-17(3)27(29,11-23(19)25(21)31-13-15)28(30)12-24-20(8-18(28)4)10-22-6-16(2)14-32-26(22)24/h7-8,15-16,21-22,25-26H,5-6,9-14H2,1-4H3/t15?,16?,21?,22?,25?,26?,27-,28?/m0/s1. The van der Waals surface area contributed by atoms with Gasteiger partial charge in [0.2, 0.25) is 0 Å². The van der Waals surface area contributed by atoms with Gasteiger partial charge in [-0.2, -0.15) is 0 Å². The summed E-state index contributed by atoms with van der Waals surface area (Å²) in [4.78, 5) is 0. The fourth-order valence-electron chi connectivity index (χ4n) is 7.76. The molecule has 6 aliphatic rings. The largest absolute Gasteiger partial charge is 0.373 e. The molecule has 2 saturated heterocycles. The summed E-state index contributed by atoms with van der Waals surface area (Å²) in [5.74, 6) is 1.90. The molecule has 4 heteroatoms. The summed E-state index contributed by atoms with van der Waals surface area (Å²) in [6.07, 6.45) is 8.19. The second-order valence-electron chi connectivity index (χ2n) is 11.8. The molecule has 0 amide bonds. The predicted octanol–water partition coefficient (Wildman–Crippen LogP) is 6.59. The van der Waals surface area contributed by atoms with Gasteiger partial charge >= 0.3 is 0 Å². The third-order valence-electron chi connectivity index (χ3n) is 9.39. The van der Waals surface area contributed by atoms with Crippen LogP contribution in [-0.4, -0.2) is 36.8 Å². The summed E-state index contributed by atoms with van der Waals surface area (Å²) in [5, 5.41) is 0. The molecule has 2 aliphatic heterocycles. The molecule has 4 aliphatic carbocycles. The van der Waals surface area contributed by atoms with Crippen molar-refractivity contribution in [3.63, 3.8) is 0 Å². The van der Waals surface area contributed by atoms with Gasteiger partial charge in [0.15, 0.2) is 11.3 Å². The van der Waals surface area contributed by atoms with Crippen molar-refractivity contribution >= 4 is 0 Å².